The van der Waals surface area contributed by atoms with Gasteiger partial charge in [0.25, 0.3) is 15.9 Å². The molecule has 0 saturated carbocycles. The molecule has 9 nitrogen and oxygen atoms in total. The minimum atomic E-state index is -4.10. The Hall–Kier alpha value is -3.89. The molecule has 0 saturated heterocycles. The van der Waals surface area contributed by atoms with Crippen LogP contribution in [0.3, 0.4) is 0 Å². The summed E-state index contributed by atoms with van der Waals surface area (Å²) in [5.41, 5.74) is 3.12. The van der Waals surface area contributed by atoms with Gasteiger partial charge in [-0.2, -0.15) is 5.10 Å². The monoisotopic (exact) mass is 515 g/mol. The number of methoxy groups -OCH3 is 1. The number of nitrogens with one attached hydrogen (secondary N) is 1. The van der Waals surface area contributed by atoms with Crippen molar-refractivity contribution in [3.63, 3.8) is 0 Å². The number of esters is 1. The number of carbonyl (C=O) groups is 2. The van der Waals surface area contributed by atoms with Crippen LogP contribution in [0.15, 0.2) is 82.8 Å². The molecule has 0 heterocycles. The van der Waals surface area contributed by atoms with E-state index in [4.69, 9.17) is 21.1 Å². The molecule has 0 fully saturated rings. The smallest absolute Gasteiger partial charge is 0.308 e. The normalized spacial score (nSPS) is 11.2. The van der Waals surface area contributed by atoms with Gasteiger partial charge in [0.15, 0.2) is 0 Å². The number of ether oxygens (including phenoxy) is 2. The van der Waals surface area contributed by atoms with Crippen molar-refractivity contribution in [1.29, 1.82) is 0 Å². The minimum absolute atomic E-state index is 0.0103. The van der Waals surface area contributed by atoms with Crippen LogP contribution in [0.25, 0.3) is 0 Å². The number of hydrogen-bond acceptors (Lipinski definition) is 7. The standard InChI is InChI=1S/C24H22ClN3O6S/c1-17(29)34-20-11-8-18(9-12-20)15-26-27-24(30)16-28(19-10-13-23(33-2)22(25)14-19)35(31,32)21-6-4-3-5-7-21/h3-15H,16H2,1-2H3,(H,27,30)/b26-15-. The van der Waals surface area contributed by atoms with Crippen LogP contribution >= 0.6 is 11.6 Å². The van der Waals surface area contributed by atoms with Gasteiger partial charge in [-0.1, -0.05) is 29.8 Å². The van der Waals surface area contributed by atoms with E-state index >= 15 is 0 Å². The van der Waals surface area contributed by atoms with Crippen LogP contribution in [-0.4, -0.2) is 40.2 Å². The maximum Gasteiger partial charge on any atom is 0.308 e. The lowest BCUT2D eigenvalue weighted by atomic mass is 10.2. The van der Waals surface area contributed by atoms with E-state index in [0.717, 1.165) is 4.31 Å². The molecule has 0 spiro atoms. The van der Waals surface area contributed by atoms with Crippen LogP contribution in [0.4, 0.5) is 5.69 Å². The van der Waals surface area contributed by atoms with Gasteiger partial charge >= 0.3 is 5.97 Å². The summed E-state index contributed by atoms with van der Waals surface area (Å²) in [7, 11) is -2.66. The molecule has 0 aromatic heterocycles. The van der Waals surface area contributed by atoms with E-state index in [9.17, 15) is 18.0 Å². The Morgan fingerprint density at radius 3 is 2.34 bits per heavy atom. The topological polar surface area (TPSA) is 114 Å². The lowest BCUT2D eigenvalue weighted by molar-refractivity contribution is -0.131. The van der Waals surface area contributed by atoms with Crippen LogP contribution in [-0.2, 0) is 19.6 Å². The molecule has 0 radical (unpaired) electrons. The number of rotatable bonds is 9. The van der Waals surface area contributed by atoms with Crippen molar-refractivity contribution in [2.75, 3.05) is 18.0 Å². The average Bonchev–Trinajstić information content (AvgIpc) is 2.83. The molecule has 1 amide bonds. The number of nitrogens with zero attached hydrogens (tertiary/aromatic N) is 2. The summed E-state index contributed by atoms with van der Waals surface area (Å²) in [6.07, 6.45) is 1.37. The Labute approximate surface area is 208 Å². The highest BCUT2D eigenvalue weighted by molar-refractivity contribution is 7.92. The van der Waals surface area contributed by atoms with Gasteiger partial charge in [-0.15, -0.1) is 0 Å². The van der Waals surface area contributed by atoms with E-state index in [1.807, 2.05) is 0 Å². The van der Waals surface area contributed by atoms with E-state index in [0.29, 0.717) is 17.1 Å². The number of anilines is 1. The van der Waals surface area contributed by atoms with Crippen molar-refractivity contribution in [3.8, 4) is 11.5 Å². The molecule has 3 aromatic rings. The molecule has 3 aromatic carbocycles. The first kappa shape index (κ1) is 25.7. The van der Waals surface area contributed by atoms with Gasteiger partial charge in [0.2, 0.25) is 0 Å². The molecule has 182 valence electrons. The summed E-state index contributed by atoms with van der Waals surface area (Å²) in [4.78, 5) is 23.6. The summed E-state index contributed by atoms with van der Waals surface area (Å²) in [6, 6.07) is 18.6. The number of carbonyl (C=O) groups excluding carboxylic acids is 2. The number of hydrazone groups is 1. The molecule has 0 unspecified atom stereocenters. The Balaban J connectivity index is 1.79. The molecular weight excluding hydrogens is 494 g/mol. The van der Waals surface area contributed by atoms with Crippen molar-refractivity contribution >= 4 is 45.4 Å². The highest BCUT2D eigenvalue weighted by atomic mass is 35.5. The molecule has 0 aliphatic rings. The van der Waals surface area contributed by atoms with Crippen LogP contribution < -0.4 is 19.2 Å². The SMILES string of the molecule is COc1ccc(N(CC(=O)N/N=C\c2ccc(OC(C)=O)cc2)S(=O)(=O)c2ccccc2)cc1Cl. The van der Waals surface area contributed by atoms with E-state index < -0.39 is 28.4 Å². The molecule has 35 heavy (non-hydrogen) atoms. The van der Waals surface area contributed by atoms with Gasteiger partial charge in [0, 0.05) is 6.92 Å². The zero-order chi connectivity index (χ0) is 25.4. The Bertz CT molecular complexity index is 1330. The van der Waals surface area contributed by atoms with Gasteiger partial charge < -0.3 is 9.47 Å². The Kier molecular flexibility index (Phi) is 8.45. The van der Waals surface area contributed by atoms with Gasteiger partial charge in [0.05, 0.1) is 28.9 Å². The Morgan fingerprint density at radius 2 is 1.74 bits per heavy atom. The van der Waals surface area contributed by atoms with Gasteiger partial charge in [0.1, 0.15) is 18.0 Å². The fraction of sp³-hybridized carbons (Fsp3) is 0.125. The van der Waals surface area contributed by atoms with E-state index in [1.165, 1.54) is 50.6 Å². The molecule has 11 heteroatoms. The number of halogens is 1. The van der Waals surface area contributed by atoms with E-state index in [1.54, 1.807) is 42.5 Å². The minimum Gasteiger partial charge on any atom is -0.495 e. The maximum atomic E-state index is 13.3. The molecule has 0 bridgehead atoms. The van der Waals surface area contributed by atoms with Crippen molar-refractivity contribution in [1.82, 2.24) is 5.43 Å². The van der Waals surface area contributed by atoms with Gasteiger partial charge in [-0.3, -0.25) is 13.9 Å². The van der Waals surface area contributed by atoms with Crippen LogP contribution in [0.2, 0.25) is 5.02 Å². The highest BCUT2D eigenvalue weighted by Crippen LogP contribution is 2.31. The summed E-state index contributed by atoms with van der Waals surface area (Å²) < 4.78 is 37.7. The van der Waals surface area contributed by atoms with Crippen molar-refractivity contribution in [3.05, 3.63) is 83.4 Å². The van der Waals surface area contributed by atoms with Crippen LogP contribution in [0.5, 0.6) is 11.5 Å². The van der Waals surface area contributed by atoms with E-state index in [-0.39, 0.29) is 15.6 Å². The second kappa shape index (κ2) is 11.5. The fourth-order valence-corrected chi connectivity index (χ4v) is 4.66. The third-order valence-electron chi connectivity index (χ3n) is 4.59. The second-order valence-electron chi connectivity index (χ2n) is 7.10. The summed E-state index contributed by atoms with van der Waals surface area (Å²) in [5.74, 6) is -0.379. The number of hydrogen-bond donors (Lipinski definition) is 1. The summed E-state index contributed by atoms with van der Waals surface area (Å²) in [6.45, 7) is 0.745. The van der Waals surface area contributed by atoms with Crippen molar-refractivity contribution in [2.24, 2.45) is 5.10 Å². The quantitative estimate of drug-likeness (QED) is 0.201. The first-order valence-corrected chi connectivity index (χ1v) is 12.0. The number of amides is 1. The largest absolute Gasteiger partial charge is 0.495 e. The number of benzene rings is 3. The molecule has 1 N–H and O–H groups in total. The Morgan fingerprint density at radius 1 is 1.06 bits per heavy atom. The van der Waals surface area contributed by atoms with Crippen molar-refractivity contribution < 1.29 is 27.5 Å². The van der Waals surface area contributed by atoms with Crippen LogP contribution in [0.1, 0.15) is 12.5 Å². The lowest BCUT2D eigenvalue weighted by Crippen LogP contribution is -2.39. The number of sulfonamides is 1. The first-order chi connectivity index (χ1) is 16.7. The third-order valence-corrected chi connectivity index (χ3v) is 6.67. The highest BCUT2D eigenvalue weighted by Gasteiger charge is 2.27. The van der Waals surface area contributed by atoms with E-state index in [2.05, 4.69) is 10.5 Å². The van der Waals surface area contributed by atoms with Crippen LogP contribution in [0, 0.1) is 0 Å². The predicted molar refractivity (Wildman–Crippen MR) is 132 cm³/mol. The molecule has 0 aliphatic carbocycles. The zero-order valence-electron chi connectivity index (χ0n) is 18.8. The second-order valence-corrected chi connectivity index (χ2v) is 9.37. The average molecular weight is 516 g/mol. The zero-order valence-corrected chi connectivity index (χ0v) is 20.4. The molecule has 0 aliphatic heterocycles. The third kappa shape index (κ3) is 6.81. The van der Waals surface area contributed by atoms with Crippen molar-refractivity contribution in [2.45, 2.75) is 11.8 Å². The lowest BCUT2D eigenvalue weighted by Gasteiger charge is -2.24. The predicted octanol–water partition coefficient (Wildman–Crippen LogP) is 3.62. The molecule has 3 rings (SSSR count). The van der Waals surface area contributed by atoms with Gasteiger partial charge in [-0.25, -0.2) is 13.8 Å². The maximum absolute atomic E-state index is 13.3. The molecule has 0 atom stereocenters. The van der Waals surface area contributed by atoms with Gasteiger partial charge in [-0.05, 0) is 60.2 Å². The molecular formula is C24H22ClN3O6S. The summed E-state index contributed by atoms with van der Waals surface area (Å²) >= 11 is 6.20. The first-order valence-electron chi connectivity index (χ1n) is 10.2. The fourth-order valence-electron chi connectivity index (χ4n) is 2.98. The summed E-state index contributed by atoms with van der Waals surface area (Å²) in [5, 5.41) is 4.07.